The third-order valence-corrected chi connectivity index (χ3v) is 8.56. The van der Waals surface area contributed by atoms with Crippen molar-refractivity contribution in [3.05, 3.63) is 0 Å². The van der Waals surface area contributed by atoms with E-state index in [1.54, 1.807) is 27.9 Å². The second kappa shape index (κ2) is 16.2. The van der Waals surface area contributed by atoms with Gasteiger partial charge in [0.15, 0.2) is 0 Å². The maximum absolute atomic E-state index is 13.3. The lowest BCUT2D eigenvalue weighted by Gasteiger charge is -2.34. The van der Waals surface area contributed by atoms with Crippen LogP contribution in [0.2, 0.25) is 0 Å². The van der Waals surface area contributed by atoms with Gasteiger partial charge in [-0.2, -0.15) is 0 Å². The average molecular weight is 580 g/mol. The molecule has 0 aliphatic rings. The Kier molecular flexibility index (Phi) is 15.4. The van der Waals surface area contributed by atoms with Crippen LogP contribution in [0.25, 0.3) is 0 Å². The molecule has 4 atom stereocenters. The van der Waals surface area contributed by atoms with E-state index in [0.717, 1.165) is 5.75 Å². The molecule has 0 radical (unpaired) electrons. The Hall–Kier alpha value is -1.86. The molecular formula is C24H41N3O7S3. The second-order valence-electron chi connectivity index (χ2n) is 9.90. The monoisotopic (exact) mass is 579 g/mol. The van der Waals surface area contributed by atoms with Crippen molar-refractivity contribution in [2.75, 3.05) is 25.6 Å². The molecule has 212 valence electrons. The molecule has 4 N–H and O–H groups in total. The van der Waals surface area contributed by atoms with Crippen LogP contribution < -0.4 is 10.6 Å². The molecule has 0 aliphatic carbocycles. The minimum Gasteiger partial charge on any atom is -0.481 e. The van der Waals surface area contributed by atoms with E-state index in [1.807, 2.05) is 6.92 Å². The van der Waals surface area contributed by atoms with E-state index >= 15 is 0 Å². The highest BCUT2D eigenvalue weighted by Gasteiger charge is 2.44. The molecule has 3 amide bonds. The van der Waals surface area contributed by atoms with Gasteiger partial charge in [-0.1, -0.05) is 19.1 Å². The van der Waals surface area contributed by atoms with Crippen LogP contribution in [-0.2, 0) is 24.0 Å². The summed E-state index contributed by atoms with van der Waals surface area (Å²) in [6.07, 6.45) is -0.200. The van der Waals surface area contributed by atoms with Crippen LogP contribution >= 0.6 is 35.7 Å². The summed E-state index contributed by atoms with van der Waals surface area (Å²) in [7, 11) is 3.18. The summed E-state index contributed by atoms with van der Waals surface area (Å²) in [5.41, 5.74) is -1.54. The highest BCUT2D eigenvalue weighted by atomic mass is 32.2. The van der Waals surface area contributed by atoms with Gasteiger partial charge in [-0.25, -0.2) is 0 Å². The summed E-state index contributed by atoms with van der Waals surface area (Å²) in [6.45, 7) is 9.56. The molecule has 0 fully saturated rings. The van der Waals surface area contributed by atoms with Gasteiger partial charge < -0.3 is 25.7 Å². The zero-order chi connectivity index (χ0) is 29.1. The van der Waals surface area contributed by atoms with Gasteiger partial charge in [-0.3, -0.25) is 24.0 Å². The van der Waals surface area contributed by atoms with Crippen molar-refractivity contribution in [2.45, 2.75) is 66.5 Å². The van der Waals surface area contributed by atoms with E-state index in [9.17, 15) is 34.2 Å². The van der Waals surface area contributed by atoms with Gasteiger partial charge in [-0.05, 0) is 53.2 Å². The van der Waals surface area contributed by atoms with E-state index in [1.165, 1.54) is 49.2 Å². The lowest BCUT2D eigenvalue weighted by molar-refractivity contribution is -0.155. The molecule has 0 aromatic rings. The van der Waals surface area contributed by atoms with E-state index in [-0.39, 0.29) is 30.5 Å². The number of carboxylic acids is 2. The third kappa shape index (κ3) is 12.0. The fraction of sp³-hybridized carbons (Fsp3) is 0.750. The number of thiocarbonyl (C=S) groups is 1. The van der Waals surface area contributed by atoms with E-state index < -0.39 is 53.0 Å². The Morgan fingerprint density at radius 3 is 1.92 bits per heavy atom. The van der Waals surface area contributed by atoms with Crippen LogP contribution in [-0.4, -0.2) is 86.0 Å². The Bertz CT molecular complexity index is 849. The molecule has 0 bridgehead atoms. The highest BCUT2D eigenvalue weighted by Crippen LogP contribution is 2.36. The normalized spacial score (nSPS) is 14.7. The molecule has 37 heavy (non-hydrogen) atoms. The molecule has 0 saturated heterocycles. The van der Waals surface area contributed by atoms with Gasteiger partial charge in [0.05, 0.1) is 11.3 Å². The van der Waals surface area contributed by atoms with Gasteiger partial charge in [-0.15, -0.1) is 23.5 Å². The summed E-state index contributed by atoms with van der Waals surface area (Å²) in [6, 6.07) is -1.48. The predicted octanol–water partition coefficient (Wildman–Crippen LogP) is 2.70. The zero-order valence-electron chi connectivity index (χ0n) is 22.8. The minimum atomic E-state index is -1.54. The summed E-state index contributed by atoms with van der Waals surface area (Å²) >= 11 is 8.12. The summed E-state index contributed by atoms with van der Waals surface area (Å²) in [5.74, 6) is -5.65. The number of aliphatic carboxylic acids is 2. The third-order valence-electron chi connectivity index (χ3n) is 5.81. The Balaban J connectivity index is 6.37. The largest absolute Gasteiger partial charge is 0.481 e. The molecule has 0 aromatic carbocycles. The molecule has 0 aliphatic heterocycles. The zero-order valence-corrected chi connectivity index (χ0v) is 25.3. The first kappa shape index (κ1) is 35.1. The van der Waals surface area contributed by atoms with Crippen LogP contribution in [0.15, 0.2) is 0 Å². The van der Waals surface area contributed by atoms with Crippen molar-refractivity contribution in [3.8, 4) is 0 Å². The minimum absolute atomic E-state index is 0.0112. The molecule has 10 nitrogen and oxygen atoms in total. The summed E-state index contributed by atoms with van der Waals surface area (Å²) in [4.78, 5) is 64.3. The van der Waals surface area contributed by atoms with Crippen molar-refractivity contribution in [1.82, 2.24) is 15.5 Å². The Morgan fingerprint density at radius 2 is 1.49 bits per heavy atom. The van der Waals surface area contributed by atoms with E-state index in [2.05, 4.69) is 10.6 Å². The van der Waals surface area contributed by atoms with Crippen LogP contribution in [0.5, 0.6) is 0 Å². The molecule has 0 aromatic heterocycles. The molecular weight excluding hydrogens is 538 g/mol. The maximum atomic E-state index is 13.3. The maximum Gasteiger partial charge on any atom is 0.325 e. The molecule has 0 heterocycles. The number of amides is 3. The fourth-order valence-corrected chi connectivity index (χ4v) is 5.83. The number of nitrogens with zero attached hydrogens (tertiary/aromatic N) is 1. The van der Waals surface area contributed by atoms with Gasteiger partial charge in [0, 0.05) is 37.7 Å². The summed E-state index contributed by atoms with van der Waals surface area (Å²) < 4.78 is 0.653. The second-order valence-corrected chi connectivity index (χ2v) is 13.4. The van der Waals surface area contributed by atoms with Gasteiger partial charge in [0.25, 0.3) is 0 Å². The van der Waals surface area contributed by atoms with Crippen LogP contribution in [0.3, 0.4) is 0 Å². The number of carbonyl (C=O) groups excluding carboxylic acids is 3. The standard InChI is InChI=1S/C24H41N3O7S3/c1-9-36-23(35)37-12-16(20(30)27(7)8)10-15(18(28)26-14(4)21(31)32)11-17(19(29)25-13(2)3)24(5,6)22(33)34/h13-17H,9-12H2,1-8H3,(H,25,29)(H,26,28)(H,31,32)(H,33,34). The molecule has 4 unspecified atom stereocenters. The lowest BCUT2D eigenvalue weighted by Crippen LogP contribution is -2.49. The van der Waals surface area contributed by atoms with E-state index in [4.69, 9.17) is 12.2 Å². The topological polar surface area (TPSA) is 153 Å². The van der Waals surface area contributed by atoms with Crippen molar-refractivity contribution in [2.24, 2.45) is 23.2 Å². The van der Waals surface area contributed by atoms with Crippen LogP contribution in [0.4, 0.5) is 0 Å². The highest BCUT2D eigenvalue weighted by molar-refractivity contribution is 8.47. The SMILES string of the molecule is CCSC(=S)SCC(CC(CC(C(=O)NC(C)C)C(C)(C)C(=O)O)C(=O)NC(C)C(=O)O)C(=O)N(C)C. The Morgan fingerprint density at radius 1 is 0.919 bits per heavy atom. The number of carbonyl (C=O) groups is 5. The van der Waals surface area contributed by atoms with Gasteiger partial charge >= 0.3 is 11.9 Å². The molecule has 0 saturated carbocycles. The number of hydrogen-bond donors (Lipinski definition) is 4. The number of carboxylic acid groups (broad SMARTS) is 2. The predicted molar refractivity (Wildman–Crippen MR) is 152 cm³/mol. The van der Waals surface area contributed by atoms with Crippen molar-refractivity contribution in [1.29, 1.82) is 0 Å². The summed E-state index contributed by atoms with van der Waals surface area (Å²) in [5, 5.41) is 24.3. The molecule has 0 rings (SSSR count). The first-order valence-electron chi connectivity index (χ1n) is 12.0. The smallest absolute Gasteiger partial charge is 0.325 e. The molecule has 13 heteroatoms. The lowest BCUT2D eigenvalue weighted by atomic mass is 9.72. The Labute approximate surface area is 233 Å². The average Bonchev–Trinajstić information content (AvgIpc) is 2.77. The van der Waals surface area contributed by atoms with Gasteiger partial charge in [0.2, 0.25) is 17.7 Å². The van der Waals surface area contributed by atoms with Crippen molar-refractivity contribution < 1.29 is 34.2 Å². The number of hydrogen-bond acceptors (Lipinski definition) is 8. The van der Waals surface area contributed by atoms with E-state index in [0.29, 0.717) is 3.53 Å². The van der Waals surface area contributed by atoms with Crippen molar-refractivity contribution in [3.63, 3.8) is 0 Å². The molecule has 0 spiro atoms. The number of rotatable bonds is 15. The quantitative estimate of drug-likeness (QED) is 0.213. The first-order valence-corrected chi connectivity index (χ1v) is 14.4. The van der Waals surface area contributed by atoms with Crippen molar-refractivity contribution >= 4 is 68.9 Å². The number of thioether (sulfide) groups is 2. The van der Waals surface area contributed by atoms with Gasteiger partial charge in [0.1, 0.15) is 9.57 Å². The van der Waals surface area contributed by atoms with Crippen LogP contribution in [0.1, 0.15) is 54.4 Å². The fourth-order valence-electron chi connectivity index (χ4n) is 3.53. The number of nitrogens with one attached hydrogen (secondary N) is 2. The van der Waals surface area contributed by atoms with Crippen LogP contribution in [0, 0.1) is 23.2 Å². The first-order chi connectivity index (χ1) is 16.9.